The van der Waals surface area contributed by atoms with Crippen molar-refractivity contribution in [2.45, 2.75) is 6.42 Å². The lowest BCUT2D eigenvalue weighted by molar-refractivity contribution is -0.140. The van der Waals surface area contributed by atoms with Gasteiger partial charge in [0.05, 0.1) is 23.7 Å². The molecule has 1 saturated heterocycles. The molecule has 1 heterocycles. The summed E-state index contributed by atoms with van der Waals surface area (Å²) >= 11 is 3.38. The van der Waals surface area contributed by atoms with Crippen LogP contribution in [0.1, 0.15) is 12.0 Å². The molecule has 0 unspecified atom stereocenters. The average molecular weight is 512 g/mol. The largest absolute Gasteiger partial charge is 0.483 e. The van der Waals surface area contributed by atoms with Crippen molar-refractivity contribution in [3.8, 4) is 5.75 Å². The Labute approximate surface area is 197 Å². The van der Waals surface area contributed by atoms with E-state index < -0.39 is 11.7 Å². The lowest BCUT2D eigenvalue weighted by Crippen LogP contribution is -2.28. The average Bonchev–Trinajstić information content (AvgIpc) is 3.47. The number of benzene rings is 2. The van der Waals surface area contributed by atoms with Crippen LogP contribution in [0.25, 0.3) is 0 Å². The van der Waals surface area contributed by atoms with Crippen LogP contribution in [0.3, 0.4) is 0 Å². The summed E-state index contributed by atoms with van der Waals surface area (Å²) in [6.45, 7) is -0.364. The zero-order chi connectivity index (χ0) is 23.1. The Bertz CT molecular complexity index is 1180. The number of ether oxygens (including phenoxy) is 1. The van der Waals surface area contributed by atoms with Crippen LogP contribution in [0, 0.1) is 29.5 Å². The minimum atomic E-state index is -0.546. The van der Waals surface area contributed by atoms with Gasteiger partial charge in [-0.05, 0) is 48.6 Å². The fourth-order valence-electron chi connectivity index (χ4n) is 4.76. The number of carbonyl (C=O) groups excluding carboxylic acids is 3. The van der Waals surface area contributed by atoms with Gasteiger partial charge in [-0.25, -0.2) is 4.39 Å². The van der Waals surface area contributed by atoms with Gasteiger partial charge in [0.1, 0.15) is 11.6 Å². The highest BCUT2D eigenvalue weighted by atomic mass is 79.9. The molecule has 9 heteroatoms. The molecule has 3 aliphatic rings. The molecule has 1 saturated carbocycles. The fourth-order valence-corrected chi connectivity index (χ4v) is 5.14. The van der Waals surface area contributed by atoms with Crippen molar-refractivity contribution in [3.05, 3.63) is 70.5 Å². The maximum atomic E-state index is 13.7. The number of carbonyl (C=O) groups is 3. The lowest BCUT2D eigenvalue weighted by atomic mass is 9.85. The van der Waals surface area contributed by atoms with Crippen molar-refractivity contribution >= 4 is 45.6 Å². The third kappa shape index (κ3) is 3.97. The number of nitrogens with one attached hydrogen (secondary N) is 1. The molecule has 1 N–H and O–H groups in total. The van der Waals surface area contributed by atoms with Gasteiger partial charge in [0.25, 0.3) is 17.7 Å². The van der Waals surface area contributed by atoms with Gasteiger partial charge in [-0.15, -0.1) is 0 Å². The third-order valence-electron chi connectivity index (χ3n) is 6.24. The summed E-state index contributed by atoms with van der Waals surface area (Å²) in [7, 11) is 0. The second-order valence-corrected chi connectivity index (χ2v) is 9.15. The zero-order valence-corrected chi connectivity index (χ0v) is 18.9. The lowest BCUT2D eigenvalue weighted by Gasteiger charge is -2.13. The van der Waals surface area contributed by atoms with Crippen LogP contribution >= 0.6 is 15.9 Å². The molecule has 2 aliphatic carbocycles. The summed E-state index contributed by atoms with van der Waals surface area (Å²) in [5, 5.41) is 7.58. The number of fused-ring (bicyclic) bond motifs is 5. The standard InChI is InChI=1S/C24H19BrFN3O4/c25-16-7-8-19(33-12-20(30)28-18-4-2-1-3-17(18)26)15(10-16)11-27-29-23(31)21-13-5-6-14(9-13)22(21)24(29)32/h1-8,10-11,13-14,21-22H,9,12H2,(H,28,30)/t13-,14-,21-,22+/m0/s1. The van der Waals surface area contributed by atoms with Crippen LogP contribution in [-0.2, 0) is 14.4 Å². The van der Waals surface area contributed by atoms with Crippen LogP contribution in [0.2, 0.25) is 0 Å². The predicted octanol–water partition coefficient (Wildman–Crippen LogP) is 3.75. The molecule has 2 aromatic carbocycles. The van der Waals surface area contributed by atoms with Crippen molar-refractivity contribution in [2.75, 3.05) is 11.9 Å². The molecule has 168 valence electrons. The van der Waals surface area contributed by atoms with Crippen molar-refractivity contribution in [1.29, 1.82) is 0 Å². The molecule has 0 aromatic heterocycles. The van der Waals surface area contributed by atoms with E-state index >= 15 is 0 Å². The van der Waals surface area contributed by atoms with E-state index in [1.807, 2.05) is 12.2 Å². The Morgan fingerprint density at radius 2 is 1.85 bits per heavy atom. The molecule has 0 radical (unpaired) electrons. The van der Waals surface area contributed by atoms with Crippen molar-refractivity contribution in [2.24, 2.45) is 28.8 Å². The van der Waals surface area contributed by atoms with E-state index in [2.05, 4.69) is 26.3 Å². The van der Waals surface area contributed by atoms with Gasteiger partial charge in [0.2, 0.25) is 0 Å². The van der Waals surface area contributed by atoms with Gasteiger partial charge in [0.15, 0.2) is 6.61 Å². The maximum Gasteiger partial charge on any atom is 0.262 e. The number of hydrogen-bond acceptors (Lipinski definition) is 5. The van der Waals surface area contributed by atoms with Crippen LogP contribution in [0.15, 0.2) is 64.2 Å². The number of hydrazone groups is 1. The van der Waals surface area contributed by atoms with Gasteiger partial charge < -0.3 is 10.1 Å². The van der Waals surface area contributed by atoms with E-state index in [1.54, 1.807) is 24.3 Å². The Kier molecular flexibility index (Phi) is 5.57. The van der Waals surface area contributed by atoms with Crippen molar-refractivity contribution < 1.29 is 23.5 Å². The van der Waals surface area contributed by atoms with E-state index in [4.69, 9.17) is 4.74 Å². The third-order valence-corrected chi connectivity index (χ3v) is 6.73. The number of para-hydroxylation sites is 1. The highest BCUT2D eigenvalue weighted by Crippen LogP contribution is 2.52. The Morgan fingerprint density at radius 3 is 2.55 bits per heavy atom. The van der Waals surface area contributed by atoms with Gasteiger partial charge in [-0.2, -0.15) is 10.1 Å². The number of rotatable bonds is 6. The summed E-state index contributed by atoms with van der Waals surface area (Å²) in [6, 6.07) is 10.9. The Hall–Kier alpha value is -3.33. The number of hydrogen-bond donors (Lipinski definition) is 1. The summed E-state index contributed by atoms with van der Waals surface area (Å²) in [4.78, 5) is 37.8. The number of imide groups is 1. The minimum Gasteiger partial charge on any atom is -0.483 e. The molecule has 7 nitrogen and oxygen atoms in total. The summed E-state index contributed by atoms with van der Waals surface area (Å²) in [5.74, 6) is -1.76. The Morgan fingerprint density at radius 1 is 1.15 bits per heavy atom. The topological polar surface area (TPSA) is 88.1 Å². The second-order valence-electron chi connectivity index (χ2n) is 8.23. The van der Waals surface area contributed by atoms with E-state index in [0.717, 1.165) is 15.9 Å². The predicted molar refractivity (Wildman–Crippen MR) is 122 cm³/mol. The number of halogens is 2. The molecular formula is C24H19BrFN3O4. The Balaban J connectivity index is 1.29. The summed E-state index contributed by atoms with van der Waals surface area (Å²) in [6.07, 6.45) is 6.28. The van der Waals surface area contributed by atoms with E-state index in [9.17, 15) is 18.8 Å². The van der Waals surface area contributed by atoms with Crippen LogP contribution in [0.5, 0.6) is 5.75 Å². The monoisotopic (exact) mass is 511 g/mol. The smallest absolute Gasteiger partial charge is 0.262 e. The molecule has 33 heavy (non-hydrogen) atoms. The summed E-state index contributed by atoms with van der Waals surface area (Å²) in [5.41, 5.74) is 0.533. The van der Waals surface area contributed by atoms with Crippen LogP contribution in [0.4, 0.5) is 10.1 Å². The van der Waals surface area contributed by atoms with E-state index in [-0.39, 0.29) is 47.8 Å². The number of nitrogens with zero attached hydrogens (tertiary/aromatic N) is 2. The van der Waals surface area contributed by atoms with Crippen molar-refractivity contribution in [1.82, 2.24) is 5.01 Å². The molecule has 4 atom stereocenters. The molecule has 2 fully saturated rings. The molecule has 1 aliphatic heterocycles. The van der Waals surface area contributed by atoms with E-state index in [1.165, 1.54) is 24.4 Å². The zero-order valence-electron chi connectivity index (χ0n) is 17.3. The molecule has 2 aromatic rings. The van der Waals surface area contributed by atoms with Gasteiger partial charge in [-0.1, -0.05) is 40.2 Å². The quantitative estimate of drug-likeness (QED) is 0.363. The minimum absolute atomic E-state index is 0.0590. The SMILES string of the molecule is O=C(COc1ccc(Br)cc1C=NN1C(=O)[C@@H]2[C@H](C1=O)[C@H]1C=C[C@H]2C1)Nc1ccccc1F. The first-order valence-corrected chi connectivity index (χ1v) is 11.3. The second kappa shape index (κ2) is 8.55. The normalized spacial score (nSPS) is 25.2. The first kappa shape index (κ1) is 21.5. The molecular weight excluding hydrogens is 493 g/mol. The molecule has 0 spiro atoms. The first-order chi connectivity index (χ1) is 15.9. The van der Waals surface area contributed by atoms with Crippen LogP contribution < -0.4 is 10.1 Å². The number of amides is 3. The highest BCUT2D eigenvalue weighted by molar-refractivity contribution is 9.10. The number of allylic oxidation sites excluding steroid dienone is 2. The van der Waals surface area contributed by atoms with Gasteiger partial charge in [0, 0.05) is 10.0 Å². The van der Waals surface area contributed by atoms with E-state index in [0.29, 0.717) is 11.3 Å². The maximum absolute atomic E-state index is 13.7. The molecule has 3 amide bonds. The molecule has 5 rings (SSSR count). The van der Waals surface area contributed by atoms with Crippen molar-refractivity contribution in [3.63, 3.8) is 0 Å². The van der Waals surface area contributed by atoms with Crippen LogP contribution in [-0.4, -0.2) is 35.6 Å². The first-order valence-electron chi connectivity index (χ1n) is 10.5. The fraction of sp³-hybridized carbons (Fsp3) is 0.250. The number of anilines is 1. The van der Waals surface area contributed by atoms with Gasteiger partial charge >= 0.3 is 0 Å². The molecule has 2 bridgehead atoms. The highest BCUT2D eigenvalue weighted by Gasteiger charge is 2.59. The van der Waals surface area contributed by atoms with Gasteiger partial charge in [-0.3, -0.25) is 14.4 Å². The summed E-state index contributed by atoms with van der Waals surface area (Å²) < 4.78 is 20.1.